The number of aliphatic hydroxyl groups is 1. The number of aliphatic hydroxyl groups excluding tert-OH is 1. The Morgan fingerprint density at radius 2 is 1.11 bits per heavy atom. The SMILES string of the molecule is CCCCCCCCC(CCCCCCCC)OC(=O)CCCCCCCN(CCCCCC(=O)OCC(C)CCCCCCC)CC(O)CCCCNC(=O)c1cc[nH]c1. The van der Waals surface area contributed by atoms with Crippen LogP contribution in [0.5, 0.6) is 0 Å². The summed E-state index contributed by atoms with van der Waals surface area (Å²) in [4.78, 5) is 42.8. The van der Waals surface area contributed by atoms with Gasteiger partial charge < -0.3 is 29.8 Å². The summed E-state index contributed by atoms with van der Waals surface area (Å²) in [6, 6.07) is 1.76. The number of carbonyl (C=O) groups is 3. The minimum Gasteiger partial charge on any atom is -0.465 e. The summed E-state index contributed by atoms with van der Waals surface area (Å²) < 4.78 is 11.7. The Morgan fingerprint density at radius 3 is 1.69 bits per heavy atom. The second kappa shape index (κ2) is 41.6. The minimum atomic E-state index is -0.416. The van der Waals surface area contributed by atoms with Crippen LogP contribution in [-0.4, -0.2) is 77.8 Å². The molecular formula is C52H97N3O6. The number of nitrogens with one attached hydrogen (secondary N) is 2. The van der Waals surface area contributed by atoms with Crippen LogP contribution in [0.4, 0.5) is 0 Å². The lowest BCUT2D eigenvalue weighted by Gasteiger charge is -2.25. The molecule has 2 unspecified atom stereocenters. The van der Waals surface area contributed by atoms with Crippen LogP contribution < -0.4 is 5.32 Å². The number of rotatable bonds is 45. The van der Waals surface area contributed by atoms with Crippen molar-refractivity contribution in [3.63, 3.8) is 0 Å². The summed E-state index contributed by atoms with van der Waals surface area (Å²) in [7, 11) is 0. The van der Waals surface area contributed by atoms with Crippen molar-refractivity contribution in [1.29, 1.82) is 0 Å². The van der Waals surface area contributed by atoms with Gasteiger partial charge in [-0.15, -0.1) is 0 Å². The van der Waals surface area contributed by atoms with Crippen LogP contribution in [0.2, 0.25) is 0 Å². The van der Waals surface area contributed by atoms with Crippen molar-refractivity contribution in [2.75, 3.05) is 32.8 Å². The average Bonchev–Trinajstić information content (AvgIpc) is 3.80. The Hall–Kier alpha value is -2.39. The van der Waals surface area contributed by atoms with E-state index in [1.807, 2.05) is 0 Å². The summed E-state index contributed by atoms with van der Waals surface area (Å²) in [6.07, 6.45) is 39.1. The lowest BCUT2D eigenvalue weighted by molar-refractivity contribution is -0.150. The number of esters is 2. The molecule has 1 aromatic rings. The Balaban J connectivity index is 2.43. The smallest absolute Gasteiger partial charge is 0.306 e. The highest BCUT2D eigenvalue weighted by atomic mass is 16.5. The van der Waals surface area contributed by atoms with Gasteiger partial charge >= 0.3 is 11.9 Å². The third-order valence-corrected chi connectivity index (χ3v) is 12.2. The summed E-state index contributed by atoms with van der Waals surface area (Å²) in [5.74, 6) is 0.252. The molecular weight excluding hydrogens is 763 g/mol. The van der Waals surface area contributed by atoms with E-state index in [0.29, 0.717) is 50.4 Å². The summed E-state index contributed by atoms with van der Waals surface area (Å²) in [6.45, 7) is 12.5. The van der Waals surface area contributed by atoms with Crippen molar-refractivity contribution in [3.05, 3.63) is 24.0 Å². The fourth-order valence-electron chi connectivity index (χ4n) is 8.17. The van der Waals surface area contributed by atoms with Gasteiger partial charge in [-0.1, -0.05) is 150 Å². The van der Waals surface area contributed by atoms with Crippen molar-refractivity contribution in [1.82, 2.24) is 15.2 Å². The van der Waals surface area contributed by atoms with E-state index >= 15 is 0 Å². The molecule has 1 amide bonds. The maximum atomic E-state index is 12.9. The van der Waals surface area contributed by atoms with Crippen molar-refractivity contribution in [2.45, 2.75) is 252 Å². The molecule has 0 aromatic carbocycles. The predicted octanol–water partition coefficient (Wildman–Crippen LogP) is 13.4. The lowest BCUT2D eigenvalue weighted by Crippen LogP contribution is -2.34. The van der Waals surface area contributed by atoms with Crippen LogP contribution in [0.15, 0.2) is 18.5 Å². The Labute approximate surface area is 375 Å². The molecule has 61 heavy (non-hydrogen) atoms. The number of nitrogens with zero attached hydrogens (tertiary/aromatic N) is 1. The fourth-order valence-corrected chi connectivity index (χ4v) is 8.17. The molecule has 1 heterocycles. The Kier molecular flexibility index (Phi) is 38.6. The van der Waals surface area contributed by atoms with Crippen molar-refractivity contribution in [2.24, 2.45) is 5.92 Å². The second-order valence-corrected chi connectivity index (χ2v) is 18.4. The molecule has 2 atom stereocenters. The molecule has 356 valence electrons. The van der Waals surface area contributed by atoms with Crippen LogP contribution >= 0.6 is 0 Å². The van der Waals surface area contributed by atoms with Crippen LogP contribution in [0.1, 0.15) is 250 Å². The molecule has 9 nitrogen and oxygen atoms in total. The molecule has 0 radical (unpaired) electrons. The molecule has 0 aliphatic rings. The highest BCUT2D eigenvalue weighted by Gasteiger charge is 2.16. The average molecular weight is 860 g/mol. The van der Waals surface area contributed by atoms with Crippen LogP contribution in [0.3, 0.4) is 0 Å². The van der Waals surface area contributed by atoms with E-state index in [0.717, 1.165) is 109 Å². The molecule has 1 aromatic heterocycles. The van der Waals surface area contributed by atoms with Gasteiger partial charge in [-0.05, 0) is 102 Å². The maximum absolute atomic E-state index is 12.9. The van der Waals surface area contributed by atoms with Gasteiger partial charge in [0.25, 0.3) is 5.91 Å². The molecule has 1 rings (SSSR count). The number of aromatic nitrogens is 1. The van der Waals surface area contributed by atoms with Crippen LogP contribution in [0, 0.1) is 5.92 Å². The molecule has 0 aliphatic carbocycles. The van der Waals surface area contributed by atoms with E-state index in [1.165, 1.54) is 96.3 Å². The summed E-state index contributed by atoms with van der Waals surface area (Å²) in [5.41, 5.74) is 0.634. The molecule has 0 fully saturated rings. The van der Waals surface area contributed by atoms with Gasteiger partial charge in [0, 0.05) is 38.3 Å². The van der Waals surface area contributed by atoms with Gasteiger partial charge in [0.05, 0.1) is 18.3 Å². The van der Waals surface area contributed by atoms with E-state index in [-0.39, 0.29) is 23.9 Å². The Morgan fingerprint density at radius 1 is 0.623 bits per heavy atom. The van der Waals surface area contributed by atoms with Crippen LogP contribution in [0.25, 0.3) is 0 Å². The first-order valence-electron chi connectivity index (χ1n) is 25.9. The van der Waals surface area contributed by atoms with E-state index < -0.39 is 6.10 Å². The van der Waals surface area contributed by atoms with E-state index in [9.17, 15) is 19.5 Å². The third kappa shape index (κ3) is 35.7. The molecule has 0 saturated carbocycles. The van der Waals surface area contributed by atoms with Crippen LogP contribution in [-0.2, 0) is 19.1 Å². The maximum Gasteiger partial charge on any atom is 0.306 e. The molecule has 0 spiro atoms. The molecule has 0 aliphatic heterocycles. The van der Waals surface area contributed by atoms with Gasteiger partial charge in [0.2, 0.25) is 0 Å². The zero-order valence-electron chi connectivity index (χ0n) is 40.3. The van der Waals surface area contributed by atoms with Gasteiger partial charge in [-0.3, -0.25) is 14.4 Å². The first-order valence-corrected chi connectivity index (χ1v) is 25.9. The van der Waals surface area contributed by atoms with Crippen molar-refractivity contribution >= 4 is 17.8 Å². The van der Waals surface area contributed by atoms with Gasteiger partial charge in [0.1, 0.15) is 6.10 Å². The molecule has 9 heteroatoms. The number of hydrogen-bond donors (Lipinski definition) is 3. The first kappa shape index (κ1) is 56.6. The number of amides is 1. The second-order valence-electron chi connectivity index (χ2n) is 18.4. The highest BCUT2D eigenvalue weighted by molar-refractivity contribution is 5.93. The topological polar surface area (TPSA) is 121 Å². The fraction of sp³-hybridized carbons (Fsp3) is 0.865. The van der Waals surface area contributed by atoms with Crippen molar-refractivity contribution in [3.8, 4) is 0 Å². The van der Waals surface area contributed by atoms with Gasteiger partial charge in [0.15, 0.2) is 0 Å². The van der Waals surface area contributed by atoms with E-state index in [4.69, 9.17) is 9.47 Å². The van der Waals surface area contributed by atoms with E-state index in [1.54, 1.807) is 18.5 Å². The summed E-state index contributed by atoms with van der Waals surface area (Å²) >= 11 is 0. The lowest BCUT2D eigenvalue weighted by atomic mass is 10.0. The molecule has 0 bridgehead atoms. The minimum absolute atomic E-state index is 0.0128. The zero-order chi connectivity index (χ0) is 44.4. The quantitative estimate of drug-likeness (QED) is 0.0441. The highest BCUT2D eigenvalue weighted by Crippen LogP contribution is 2.19. The Bertz CT molecular complexity index is 1110. The number of hydrogen-bond acceptors (Lipinski definition) is 7. The largest absolute Gasteiger partial charge is 0.465 e. The normalized spacial score (nSPS) is 12.6. The number of carbonyl (C=O) groups excluding carboxylic acids is 3. The zero-order valence-corrected chi connectivity index (χ0v) is 40.3. The predicted molar refractivity (Wildman–Crippen MR) is 255 cm³/mol. The monoisotopic (exact) mass is 860 g/mol. The van der Waals surface area contributed by atoms with Gasteiger partial charge in [-0.2, -0.15) is 0 Å². The number of unbranched alkanes of at least 4 members (excludes halogenated alkanes) is 21. The third-order valence-electron chi connectivity index (χ3n) is 12.2. The standard InChI is InChI=1S/C52H97N3O6/c1-5-8-11-14-18-24-34-49(35-25-19-15-12-9-6-2)61-51(58)37-26-20-16-21-30-41-55(44-48(56)33-28-29-39-54-52(59)47-38-40-53-43-47)42-31-22-27-36-50(57)60-45-46(4)32-23-17-13-10-7-3/h38,40,43,46,48-49,53,56H,5-37,39,41-42,44-45H2,1-4H3,(H,54,59). The number of ether oxygens (including phenoxy) is 2. The first-order chi connectivity index (χ1) is 29.8. The number of aromatic amines is 1. The molecule has 3 N–H and O–H groups in total. The van der Waals surface area contributed by atoms with Gasteiger partial charge in [-0.25, -0.2) is 0 Å². The summed E-state index contributed by atoms with van der Waals surface area (Å²) in [5, 5.41) is 13.9. The molecule has 0 saturated heterocycles. The number of H-pyrrole nitrogens is 1. The van der Waals surface area contributed by atoms with E-state index in [2.05, 4.69) is 42.9 Å². The van der Waals surface area contributed by atoms with Crippen molar-refractivity contribution < 1.29 is 29.0 Å².